The number of anilines is 1. The molecule has 1 aromatic carbocycles. The zero-order chi connectivity index (χ0) is 20.0. The average molecular weight is 396 g/mol. The van der Waals surface area contributed by atoms with Crippen LogP contribution in [-0.4, -0.2) is 34.8 Å². The van der Waals surface area contributed by atoms with Gasteiger partial charge in [0, 0.05) is 5.02 Å². The van der Waals surface area contributed by atoms with E-state index in [4.69, 9.17) is 11.6 Å². The molecule has 1 saturated heterocycles. The van der Waals surface area contributed by atoms with Gasteiger partial charge in [-0.3, -0.25) is 14.5 Å². The number of imide groups is 1. The van der Waals surface area contributed by atoms with Crippen LogP contribution in [0, 0.1) is 17.2 Å². The lowest BCUT2D eigenvalue weighted by Crippen LogP contribution is -2.54. The topological polar surface area (TPSA) is 78.5 Å². The molecule has 2 fully saturated rings. The maximum atomic E-state index is 13.8. The number of nitrogens with one attached hydrogen (secondary N) is 2. The molecule has 146 valence electrons. The minimum absolute atomic E-state index is 0.0569. The number of benzene rings is 1. The van der Waals surface area contributed by atoms with Gasteiger partial charge in [-0.25, -0.2) is 9.18 Å². The van der Waals surface area contributed by atoms with Gasteiger partial charge >= 0.3 is 6.03 Å². The molecule has 1 heterocycles. The fourth-order valence-electron chi connectivity index (χ4n) is 4.57. The van der Waals surface area contributed by atoms with Crippen LogP contribution in [0.5, 0.6) is 0 Å². The maximum Gasteiger partial charge on any atom is 0.325 e. The number of rotatable bonds is 3. The van der Waals surface area contributed by atoms with Crippen LogP contribution in [0.4, 0.5) is 14.9 Å². The molecule has 8 heteroatoms. The first-order chi connectivity index (χ1) is 12.5. The Kier molecular flexibility index (Phi) is 4.93. The summed E-state index contributed by atoms with van der Waals surface area (Å²) in [6.45, 7) is 5.73. The van der Waals surface area contributed by atoms with Crippen molar-refractivity contribution in [2.45, 2.75) is 45.6 Å². The highest BCUT2D eigenvalue weighted by molar-refractivity contribution is 6.30. The number of carbonyl (C=O) groups is 3. The number of halogens is 2. The zero-order valence-corrected chi connectivity index (χ0v) is 16.3. The number of carbonyl (C=O) groups excluding carboxylic acids is 3. The van der Waals surface area contributed by atoms with Crippen molar-refractivity contribution in [1.82, 2.24) is 10.2 Å². The molecule has 1 aliphatic carbocycles. The van der Waals surface area contributed by atoms with E-state index in [0.29, 0.717) is 12.8 Å². The third-order valence-corrected chi connectivity index (χ3v) is 5.37. The lowest BCUT2D eigenvalue weighted by molar-refractivity contribution is -0.136. The molecule has 0 bridgehead atoms. The van der Waals surface area contributed by atoms with Gasteiger partial charge in [0.15, 0.2) is 0 Å². The Morgan fingerprint density at radius 3 is 2.70 bits per heavy atom. The van der Waals surface area contributed by atoms with E-state index >= 15 is 0 Å². The van der Waals surface area contributed by atoms with Gasteiger partial charge in [-0.15, -0.1) is 0 Å². The van der Waals surface area contributed by atoms with Crippen LogP contribution in [0.25, 0.3) is 0 Å². The Labute approximate surface area is 162 Å². The molecule has 2 atom stereocenters. The first-order valence-corrected chi connectivity index (χ1v) is 9.28. The van der Waals surface area contributed by atoms with Gasteiger partial charge in [0.05, 0.1) is 5.69 Å². The van der Waals surface area contributed by atoms with E-state index in [-0.39, 0.29) is 28.0 Å². The Morgan fingerprint density at radius 2 is 2.07 bits per heavy atom. The summed E-state index contributed by atoms with van der Waals surface area (Å²) in [7, 11) is 0. The molecular formula is C19H23ClFN3O3. The van der Waals surface area contributed by atoms with Crippen molar-refractivity contribution in [2.24, 2.45) is 11.3 Å². The third-order valence-electron chi connectivity index (χ3n) is 5.13. The molecule has 27 heavy (non-hydrogen) atoms. The zero-order valence-electron chi connectivity index (χ0n) is 15.6. The average Bonchev–Trinajstić information content (AvgIpc) is 2.72. The second-order valence-electron chi connectivity index (χ2n) is 8.43. The summed E-state index contributed by atoms with van der Waals surface area (Å²) in [5.74, 6) is -1.46. The van der Waals surface area contributed by atoms with E-state index in [2.05, 4.69) is 31.4 Å². The fourth-order valence-corrected chi connectivity index (χ4v) is 4.73. The first kappa shape index (κ1) is 19.6. The van der Waals surface area contributed by atoms with Gasteiger partial charge in [-0.2, -0.15) is 0 Å². The van der Waals surface area contributed by atoms with Crippen LogP contribution in [-0.2, 0) is 9.59 Å². The minimum atomic E-state index is -0.968. The monoisotopic (exact) mass is 395 g/mol. The van der Waals surface area contributed by atoms with E-state index in [1.165, 1.54) is 12.1 Å². The highest BCUT2D eigenvalue weighted by Crippen LogP contribution is 2.46. The van der Waals surface area contributed by atoms with E-state index in [9.17, 15) is 18.8 Å². The summed E-state index contributed by atoms with van der Waals surface area (Å²) in [4.78, 5) is 38.6. The van der Waals surface area contributed by atoms with Crippen LogP contribution < -0.4 is 10.6 Å². The molecule has 0 aromatic heterocycles. The van der Waals surface area contributed by atoms with Crippen LogP contribution in [0.3, 0.4) is 0 Å². The second-order valence-corrected chi connectivity index (χ2v) is 8.87. The van der Waals surface area contributed by atoms with Crippen LogP contribution >= 0.6 is 11.6 Å². The van der Waals surface area contributed by atoms with Crippen LogP contribution in [0.15, 0.2) is 18.2 Å². The van der Waals surface area contributed by atoms with Gasteiger partial charge in [-0.05, 0) is 48.8 Å². The van der Waals surface area contributed by atoms with Crippen molar-refractivity contribution in [3.05, 3.63) is 29.0 Å². The molecule has 1 spiro atoms. The predicted octanol–water partition coefficient (Wildman–Crippen LogP) is 3.55. The number of nitrogens with zero attached hydrogens (tertiary/aromatic N) is 1. The van der Waals surface area contributed by atoms with Gasteiger partial charge in [-0.1, -0.05) is 32.4 Å². The molecule has 1 aromatic rings. The quantitative estimate of drug-likeness (QED) is 0.768. The number of amides is 4. The van der Waals surface area contributed by atoms with Crippen LogP contribution in [0.1, 0.15) is 40.0 Å². The van der Waals surface area contributed by atoms with E-state index < -0.39 is 29.8 Å². The summed E-state index contributed by atoms with van der Waals surface area (Å²) >= 11 is 5.69. The minimum Gasteiger partial charge on any atom is -0.323 e. The van der Waals surface area contributed by atoms with Crippen molar-refractivity contribution in [2.75, 3.05) is 11.9 Å². The largest absolute Gasteiger partial charge is 0.325 e. The standard InChI is InChI=1S/C19H23ClFN3O3/c1-11-7-18(2,3)10-19(8-11)16(26)24(17(27)23-19)9-15(25)22-14-5-4-12(20)6-13(14)21/h4-6,11H,7-10H2,1-3H3,(H,22,25)(H,23,27). The van der Waals surface area contributed by atoms with E-state index in [1.54, 1.807) is 0 Å². The first-order valence-electron chi connectivity index (χ1n) is 8.90. The number of urea groups is 1. The molecule has 2 N–H and O–H groups in total. The SMILES string of the molecule is CC1CC(C)(C)CC2(C1)NC(=O)N(CC(=O)Nc1ccc(Cl)cc1F)C2=O. The summed E-state index contributed by atoms with van der Waals surface area (Å²) in [5.41, 5.74) is -1.12. The number of hydrogen-bond donors (Lipinski definition) is 2. The molecular weight excluding hydrogens is 373 g/mol. The Bertz CT molecular complexity index is 813. The molecule has 6 nitrogen and oxygen atoms in total. The van der Waals surface area contributed by atoms with Gasteiger partial charge in [0.2, 0.25) is 5.91 Å². The van der Waals surface area contributed by atoms with Crippen molar-refractivity contribution in [1.29, 1.82) is 0 Å². The summed E-state index contributed by atoms with van der Waals surface area (Å²) < 4.78 is 13.8. The Hall–Kier alpha value is -2.15. The van der Waals surface area contributed by atoms with Crippen molar-refractivity contribution < 1.29 is 18.8 Å². The molecule has 0 radical (unpaired) electrons. The molecule has 2 aliphatic rings. The molecule has 1 aliphatic heterocycles. The predicted molar refractivity (Wildman–Crippen MR) is 99.8 cm³/mol. The van der Waals surface area contributed by atoms with Gasteiger partial charge in [0.25, 0.3) is 5.91 Å². The second kappa shape index (κ2) is 6.78. The molecule has 1 saturated carbocycles. The third kappa shape index (κ3) is 3.93. The Balaban J connectivity index is 1.73. The van der Waals surface area contributed by atoms with Crippen molar-refractivity contribution in [3.8, 4) is 0 Å². The van der Waals surface area contributed by atoms with E-state index in [1.807, 2.05) is 0 Å². The number of hydrogen-bond acceptors (Lipinski definition) is 3. The fraction of sp³-hybridized carbons (Fsp3) is 0.526. The highest BCUT2D eigenvalue weighted by Gasteiger charge is 2.56. The Morgan fingerprint density at radius 1 is 1.37 bits per heavy atom. The van der Waals surface area contributed by atoms with Crippen LogP contribution in [0.2, 0.25) is 5.02 Å². The van der Waals surface area contributed by atoms with E-state index in [0.717, 1.165) is 17.4 Å². The molecule has 4 amide bonds. The van der Waals surface area contributed by atoms with Crippen molar-refractivity contribution >= 4 is 35.1 Å². The summed E-state index contributed by atoms with van der Waals surface area (Å²) in [5, 5.41) is 5.39. The summed E-state index contributed by atoms with van der Waals surface area (Å²) in [6, 6.07) is 3.25. The molecule has 2 unspecified atom stereocenters. The smallest absolute Gasteiger partial charge is 0.323 e. The molecule has 3 rings (SSSR count). The highest BCUT2D eigenvalue weighted by atomic mass is 35.5. The maximum absolute atomic E-state index is 13.8. The van der Waals surface area contributed by atoms with Gasteiger partial charge in [0.1, 0.15) is 17.9 Å². The lowest BCUT2D eigenvalue weighted by Gasteiger charge is -2.43. The lowest BCUT2D eigenvalue weighted by atomic mass is 9.64. The normalized spacial score (nSPS) is 27.0. The van der Waals surface area contributed by atoms with Gasteiger partial charge < -0.3 is 10.6 Å². The van der Waals surface area contributed by atoms with Crippen molar-refractivity contribution in [3.63, 3.8) is 0 Å². The summed E-state index contributed by atoms with van der Waals surface area (Å²) in [6.07, 6.45) is 2.04.